The monoisotopic (exact) mass is 324 g/mol. The molecule has 0 atom stereocenters. The molecule has 1 fully saturated rings. The van der Waals surface area contributed by atoms with E-state index in [1.807, 2.05) is 29.4 Å². The van der Waals surface area contributed by atoms with Gasteiger partial charge in [-0.25, -0.2) is 0 Å². The summed E-state index contributed by atoms with van der Waals surface area (Å²) < 4.78 is 0. The highest BCUT2D eigenvalue weighted by atomic mass is 16.2. The Labute approximate surface area is 142 Å². The highest BCUT2D eigenvalue weighted by Gasteiger charge is 2.21. The lowest BCUT2D eigenvalue weighted by atomic mass is 10.0. The number of aromatic amines is 1. The highest BCUT2D eigenvalue weighted by molar-refractivity contribution is 5.90. The van der Waals surface area contributed by atoms with E-state index in [0.717, 1.165) is 43.6 Å². The lowest BCUT2D eigenvalue weighted by Crippen LogP contribution is -2.36. The van der Waals surface area contributed by atoms with Gasteiger partial charge in [0.05, 0.1) is 11.0 Å². The van der Waals surface area contributed by atoms with Crippen molar-refractivity contribution in [3.05, 3.63) is 36.2 Å². The number of hydrogen-bond acceptors (Lipinski definition) is 3. The standard InChI is InChI=1S/C19H24N4O/c24-18(7-11-22-9-1-2-10-22)23-12-5-15(6-13-23)16-14-21-17-4-3-8-20-19(16)17/h3-5,8,14,21H,1-2,6-7,9-13H2. The van der Waals surface area contributed by atoms with Gasteiger partial charge < -0.3 is 14.8 Å². The highest BCUT2D eigenvalue weighted by Crippen LogP contribution is 2.28. The minimum Gasteiger partial charge on any atom is -0.359 e. The number of nitrogens with one attached hydrogen (secondary N) is 1. The Morgan fingerprint density at radius 3 is 2.92 bits per heavy atom. The van der Waals surface area contributed by atoms with Crippen molar-refractivity contribution >= 4 is 22.5 Å². The Morgan fingerprint density at radius 1 is 1.25 bits per heavy atom. The summed E-state index contributed by atoms with van der Waals surface area (Å²) in [5.41, 5.74) is 4.56. The van der Waals surface area contributed by atoms with E-state index >= 15 is 0 Å². The molecule has 1 saturated heterocycles. The molecule has 0 bridgehead atoms. The predicted molar refractivity (Wildman–Crippen MR) is 95.6 cm³/mol. The van der Waals surface area contributed by atoms with Crippen LogP contribution in [0.2, 0.25) is 0 Å². The number of amides is 1. The van der Waals surface area contributed by atoms with Crippen LogP contribution in [0.4, 0.5) is 0 Å². The van der Waals surface area contributed by atoms with Crippen molar-refractivity contribution in [1.82, 2.24) is 19.8 Å². The lowest BCUT2D eigenvalue weighted by Gasteiger charge is -2.27. The largest absolute Gasteiger partial charge is 0.359 e. The third-order valence-corrected chi connectivity index (χ3v) is 5.18. The number of pyridine rings is 1. The van der Waals surface area contributed by atoms with Gasteiger partial charge in [0.25, 0.3) is 0 Å². The fourth-order valence-electron chi connectivity index (χ4n) is 3.76. The summed E-state index contributed by atoms with van der Waals surface area (Å²) in [5, 5.41) is 0. The topological polar surface area (TPSA) is 52.2 Å². The second-order valence-electron chi connectivity index (χ2n) is 6.72. The quantitative estimate of drug-likeness (QED) is 0.941. The fraction of sp³-hybridized carbons (Fsp3) is 0.474. The van der Waals surface area contributed by atoms with Gasteiger partial charge >= 0.3 is 0 Å². The normalized spacial score (nSPS) is 19.0. The Balaban J connectivity index is 1.38. The van der Waals surface area contributed by atoms with E-state index in [4.69, 9.17) is 0 Å². The van der Waals surface area contributed by atoms with Gasteiger partial charge in [-0.2, -0.15) is 0 Å². The van der Waals surface area contributed by atoms with Crippen molar-refractivity contribution in [2.45, 2.75) is 25.7 Å². The average Bonchev–Trinajstić information content (AvgIpc) is 3.29. The minimum absolute atomic E-state index is 0.286. The van der Waals surface area contributed by atoms with E-state index in [1.54, 1.807) is 0 Å². The summed E-state index contributed by atoms with van der Waals surface area (Å²) in [6.45, 7) is 4.76. The number of fused-ring (bicyclic) bond motifs is 1. The van der Waals surface area contributed by atoms with Gasteiger partial charge in [-0.05, 0) is 50.1 Å². The third kappa shape index (κ3) is 3.08. The molecule has 5 nitrogen and oxygen atoms in total. The van der Waals surface area contributed by atoms with Gasteiger partial charge in [-0.15, -0.1) is 0 Å². The molecular formula is C19H24N4O. The molecule has 2 aliphatic rings. The smallest absolute Gasteiger partial charge is 0.224 e. The Bertz CT molecular complexity index is 758. The van der Waals surface area contributed by atoms with Crippen LogP contribution in [0.25, 0.3) is 16.6 Å². The first-order chi connectivity index (χ1) is 11.8. The number of hydrogen-bond donors (Lipinski definition) is 1. The number of likely N-dealkylation sites (tertiary alicyclic amines) is 1. The Kier molecular flexibility index (Phi) is 4.34. The molecule has 4 heterocycles. The first-order valence-electron chi connectivity index (χ1n) is 8.93. The SMILES string of the molecule is O=C(CCN1CCCC1)N1CC=C(c2c[nH]c3cccnc23)CC1. The Hall–Kier alpha value is -2.14. The van der Waals surface area contributed by atoms with Gasteiger partial charge in [0, 0.05) is 44.0 Å². The number of rotatable bonds is 4. The molecule has 1 N–H and O–H groups in total. The molecule has 126 valence electrons. The van der Waals surface area contributed by atoms with E-state index in [-0.39, 0.29) is 5.91 Å². The number of carbonyl (C=O) groups excluding carboxylic acids is 1. The number of H-pyrrole nitrogens is 1. The average molecular weight is 324 g/mol. The van der Waals surface area contributed by atoms with Crippen LogP contribution >= 0.6 is 0 Å². The second-order valence-corrected chi connectivity index (χ2v) is 6.72. The van der Waals surface area contributed by atoms with Crippen LogP contribution in [0.1, 0.15) is 31.2 Å². The molecule has 2 aromatic heterocycles. The fourth-order valence-corrected chi connectivity index (χ4v) is 3.76. The molecule has 0 unspecified atom stereocenters. The first-order valence-corrected chi connectivity index (χ1v) is 8.93. The number of nitrogens with zero attached hydrogens (tertiary/aromatic N) is 3. The molecule has 0 radical (unpaired) electrons. The van der Waals surface area contributed by atoms with Crippen LogP contribution < -0.4 is 0 Å². The Morgan fingerprint density at radius 2 is 2.12 bits per heavy atom. The molecule has 4 rings (SSSR count). The molecule has 24 heavy (non-hydrogen) atoms. The molecule has 0 spiro atoms. The van der Waals surface area contributed by atoms with E-state index in [1.165, 1.54) is 24.0 Å². The summed E-state index contributed by atoms with van der Waals surface area (Å²) in [4.78, 5) is 24.6. The lowest BCUT2D eigenvalue weighted by molar-refractivity contribution is -0.131. The van der Waals surface area contributed by atoms with E-state index < -0.39 is 0 Å². The second kappa shape index (κ2) is 6.77. The van der Waals surface area contributed by atoms with Gasteiger partial charge in [0.1, 0.15) is 0 Å². The third-order valence-electron chi connectivity index (χ3n) is 5.18. The maximum absolute atomic E-state index is 12.4. The first kappa shape index (κ1) is 15.4. The van der Waals surface area contributed by atoms with Crippen LogP contribution in [0.3, 0.4) is 0 Å². The molecule has 0 aliphatic carbocycles. The minimum atomic E-state index is 0.286. The molecule has 1 amide bonds. The van der Waals surface area contributed by atoms with Gasteiger partial charge in [0.2, 0.25) is 5.91 Å². The summed E-state index contributed by atoms with van der Waals surface area (Å²) in [6.07, 6.45) is 10.2. The van der Waals surface area contributed by atoms with Crippen LogP contribution in [0.15, 0.2) is 30.6 Å². The zero-order chi connectivity index (χ0) is 16.4. The molecule has 5 heteroatoms. The van der Waals surface area contributed by atoms with Crippen LogP contribution in [0, 0.1) is 0 Å². The van der Waals surface area contributed by atoms with Crippen LogP contribution in [0.5, 0.6) is 0 Å². The zero-order valence-electron chi connectivity index (χ0n) is 14.0. The summed E-state index contributed by atoms with van der Waals surface area (Å²) in [5.74, 6) is 0.286. The van der Waals surface area contributed by atoms with E-state index in [2.05, 4.69) is 20.9 Å². The van der Waals surface area contributed by atoms with Crippen LogP contribution in [-0.2, 0) is 4.79 Å². The molecular weight excluding hydrogens is 300 g/mol. The number of carbonyl (C=O) groups is 1. The molecule has 0 saturated carbocycles. The number of aromatic nitrogens is 2. The van der Waals surface area contributed by atoms with E-state index in [0.29, 0.717) is 13.0 Å². The summed E-state index contributed by atoms with van der Waals surface area (Å²) in [7, 11) is 0. The zero-order valence-corrected chi connectivity index (χ0v) is 14.0. The summed E-state index contributed by atoms with van der Waals surface area (Å²) in [6, 6.07) is 3.99. The molecule has 2 aliphatic heterocycles. The molecule has 2 aromatic rings. The van der Waals surface area contributed by atoms with Crippen molar-refractivity contribution < 1.29 is 4.79 Å². The van der Waals surface area contributed by atoms with E-state index in [9.17, 15) is 4.79 Å². The van der Waals surface area contributed by atoms with Crippen molar-refractivity contribution in [2.75, 3.05) is 32.7 Å². The van der Waals surface area contributed by atoms with Gasteiger partial charge in [0.15, 0.2) is 0 Å². The van der Waals surface area contributed by atoms with Gasteiger partial charge in [-0.3, -0.25) is 9.78 Å². The predicted octanol–water partition coefficient (Wildman–Crippen LogP) is 2.66. The maximum atomic E-state index is 12.4. The van der Waals surface area contributed by atoms with Crippen molar-refractivity contribution in [3.63, 3.8) is 0 Å². The summed E-state index contributed by atoms with van der Waals surface area (Å²) >= 11 is 0. The van der Waals surface area contributed by atoms with Crippen LogP contribution in [-0.4, -0.2) is 58.4 Å². The maximum Gasteiger partial charge on any atom is 0.224 e. The van der Waals surface area contributed by atoms with Gasteiger partial charge in [-0.1, -0.05) is 6.08 Å². The molecule has 0 aromatic carbocycles. The van der Waals surface area contributed by atoms with Crippen molar-refractivity contribution in [1.29, 1.82) is 0 Å². The van der Waals surface area contributed by atoms with Crippen molar-refractivity contribution in [2.24, 2.45) is 0 Å². The van der Waals surface area contributed by atoms with Crippen molar-refractivity contribution in [3.8, 4) is 0 Å².